The molecule has 1 aromatic rings. The third kappa shape index (κ3) is 1.99. The number of hydrogen-bond donors (Lipinski definition) is 2. The number of nitrogens with one attached hydrogen (secondary N) is 1. The lowest BCUT2D eigenvalue weighted by molar-refractivity contribution is -0.114. The Morgan fingerprint density at radius 1 is 1.50 bits per heavy atom. The van der Waals surface area contributed by atoms with Gasteiger partial charge in [-0.1, -0.05) is 11.3 Å². The number of aromatic nitrogens is 2. The van der Waals surface area contributed by atoms with Crippen LogP contribution in [0.1, 0.15) is 16.7 Å². The molecule has 0 radical (unpaired) electrons. The molecule has 0 aliphatic rings. The van der Waals surface area contributed by atoms with Crippen LogP contribution < -0.4 is 5.32 Å². The van der Waals surface area contributed by atoms with E-state index in [2.05, 4.69) is 15.5 Å². The highest BCUT2D eigenvalue weighted by Gasteiger charge is 2.10. The number of carboxylic acid groups (broad SMARTS) is 1. The van der Waals surface area contributed by atoms with Gasteiger partial charge in [0.05, 0.1) is 0 Å². The number of nitrogens with zero attached hydrogens (tertiary/aromatic N) is 2. The van der Waals surface area contributed by atoms with Crippen LogP contribution in [0.5, 0.6) is 0 Å². The van der Waals surface area contributed by atoms with Crippen LogP contribution in [0.4, 0.5) is 5.13 Å². The monoisotopic (exact) mass is 187 g/mol. The highest BCUT2D eigenvalue weighted by atomic mass is 32.1. The standard InChI is InChI=1S/C5H5N3O3S/c1-2(9)6-5-8-7-3(12-5)4(10)11/h1H3,(H,10,11)(H,6,8,9). The summed E-state index contributed by atoms with van der Waals surface area (Å²) in [6.07, 6.45) is 0. The first-order valence-electron chi connectivity index (χ1n) is 2.94. The Morgan fingerprint density at radius 3 is 2.58 bits per heavy atom. The fourth-order valence-electron chi connectivity index (χ4n) is 0.511. The smallest absolute Gasteiger partial charge is 0.367 e. The van der Waals surface area contributed by atoms with Gasteiger partial charge in [0.2, 0.25) is 16.0 Å². The minimum atomic E-state index is -1.15. The summed E-state index contributed by atoms with van der Waals surface area (Å²) < 4.78 is 0. The molecule has 1 amide bonds. The van der Waals surface area contributed by atoms with Crippen LogP contribution in [0.3, 0.4) is 0 Å². The predicted octanol–water partition coefficient (Wildman–Crippen LogP) is 0.195. The van der Waals surface area contributed by atoms with Crippen LogP contribution in [0.25, 0.3) is 0 Å². The zero-order valence-electron chi connectivity index (χ0n) is 6.07. The van der Waals surface area contributed by atoms with E-state index < -0.39 is 5.97 Å². The lowest BCUT2D eigenvalue weighted by Crippen LogP contribution is -2.04. The lowest BCUT2D eigenvalue weighted by atomic mass is 10.7. The molecule has 1 aromatic heterocycles. The van der Waals surface area contributed by atoms with E-state index in [0.29, 0.717) is 0 Å². The van der Waals surface area contributed by atoms with Crippen LogP contribution in [0.15, 0.2) is 0 Å². The molecule has 0 bridgehead atoms. The average Bonchev–Trinajstić information content (AvgIpc) is 2.34. The number of anilines is 1. The molecule has 64 valence electrons. The largest absolute Gasteiger partial charge is 0.476 e. The van der Waals surface area contributed by atoms with Crippen molar-refractivity contribution in [3.8, 4) is 0 Å². The molecule has 6 nitrogen and oxygen atoms in total. The second-order valence-electron chi connectivity index (χ2n) is 1.90. The maximum Gasteiger partial charge on any atom is 0.367 e. The van der Waals surface area contributed by atoms with Gasteiger partial charge in [0.25, 0.3) is 0 Å². The molecule has 2 N–H and O–H groups in total. The molecule has 0 saturated carbocycles. The molecule has 0 aliphatic heterocycles. The van der Waals surface area contributed by atoms with Gasteiger partial charge in [0, 0.05) is 6.92 Å². The summed E-state index contributed by atoms with van der Waals surface area (Å²) in [5.74, 6) is -1.45. The fourth-order valence-corrected chi connectivity index (χ4v) is 1.14. The maximum absolute atomic E-state index is 10.5. The predicted molar refractivity (Wildman–Crippen MR) is 41.2 cm³/mol. The highest BCUT2D eigenvalue weighted by molar-refractivity contribution is 7.17. The van der Waals surface area contributed by atoms with Crippen molar-refractivity contribution in [2.75, 3.05) is 5.32 Å². The first-order valence-corrected chi connectivity index (χ1v) is 3.75. The van der Waals surface area contributed by atoms with Gasteiger partial charge in [-0.25, -0.2) is 4.79 Å². The molecule has 0 spiro atoms. The quantitative estimate of drug-likeness (QED) is 0.689. The molecule has 0 atom stereocenters. The molecule has 0 aromatic carbocycles. The summed E-state index contributed by atoms with van der Waals surface area (Å²) in [6.45, 7) is 1.31. The van der Waals surface area contributed by atoms with E-state index in [4.69, 9.17) is 5.11 Å². The van der Waals surface area contributed by atoms with Gasteiger partial charge >= 0.3 is 5.97 Å². The molecule has 1 heterocycles. The normalized spacial score (nSPS) is 9.42. The van der Waals surface area contributed by atoms with E-state index in [1.165, 1.54) is 6.92 Å². The Balaban J connectivity index is 2.77. The molecule has 0 aliphatic carbocycles. The van der Waals surface area contributed by atoms with Crippen molar-refractivity contribution in [3.63, 3.8) is 0 Å². The number of carbonyl (C=O) groups is 2. The van der Waals surface area contributed by atoms with Gasteiger partial charge in [-0.2, -0.15) is 0 Å². The summed E-state index contributed by atoms with van der Waals surface area (Å²) in [6, 6.07) is 0. The summed E-state index contributed by atoms with van der Waals surface area (Å²) in [7, 11) is 0. The summed E-state index contributed by atoms with van der Waals surface area (Å²) in [5, 5.41) is 17.6. The summed E-state index contributed by atoms with van der Waals surface area (Å²) >= 11 is 0.816. The number of aromatic carboxylic acids is 1. The molecular formula is C5H5N3O3S. The fraction of sp³-hybridized carbons (Fsp3) is 0.200. The summed E-state index contributed by atoms with van der Waals surface area (Å²) in [5.41, 5.74) is 0. The average molecular weight is 187 g/mol. The van der Waals surface area contributed by atoms with Gasteiger partial charge in [-0.3, -0.25) is 4.79 Å². The number of hydrogen-bond acceptors (Lipinski definition) is 5. The second kappa shape index (κ2) is 3.26. The minimum Gasteiger partial charge on any atom is -0.476 e. The van der Waals surface area contributed by atoms with E-state index in [9.17, 15) is 9.59 Å². The van der Waals surface area contributed by atoms with Crippen molar-refractivity contribution in [1.29, 1.82) is 0 Å². The maximum atomic E-state index is 10.5. The lowest BCUT2D eigenvalue weighted by Gasteiger charge is -1.89. The van der Waals surface area contributed by atoms with Crippen LogP contribution >= 0.6 is 11.3 Å². The zero-order chi connectivity index (χ0) is 9.14. The van der Waals surface area contributed by atoms with Crippen LogP contribution in [0, 0.1) is 0 Å². The minimum absolute atomic E-state index is 0.140. The van der Waals surface area contributed by atoms with Gasteiger partial charge in [0.15, 0.2) is 0 Å². The van der Waals surface area contributed by atoms with Crippen molar-refractivity contribution >= 4 is 28.3 Å². The van der Waals surface area contributed by atoms with Crippen molar-refractivity contribution in [2.24, 2.45) is 0 Å². The molecular weight excluding hydrogens is 182 g/mol. The van der Waals surface area contributed by atoms with Crippen molar-refractivity contribution in [1.82, 2.24) is 10.2 Å². The van der Waals surface area contributed by atoms with E-state index in [0.717, 1.165) is 11.3 Å². The van der Waals surface area contributed by atoms with Gasteiger partial charge in [-0.05, 0) is 0 Å². The van der Waals surface area contributed by atoms with E-state index in [1.807, 2.05) is 0 Å². The highest BCUT2D eigenvalue weighted by Crippen LogP contribution is 2.14. The van der Waals surface area contributed by atoms with Crippen molar-refractivity contribution in [3.05, 3.63) is 5.01 Å². The third-order valence-corrected chi connectivity index (χ3v) is 1.72. The van der Waals surface area contributed by atoms with E-state index in [1.54, 1.807) is 0 Å². The van der Waals surface area contributed by atoms with Crippen molar-refractivity contribution < 1.29 is 14.7 Å². The molecule has 1 rings (SSSR count). The Morgan fingerprint density at radius 2 is 2.17 bits per heavy atom. The number of amides is 1. The van der Waals surface area contributed by atoms with Gasteiger partial charge < -0.3 is 10.4 Å². The number of carboxylic acids is 1. The molecule has 0 fully saturated rings. The first-order chi connectivity index (χ1) is 5.59. The Bertz CT molecular complexity index is 321. The zero-order valence-corrected chi connectivity index (χ0v) is 6.88. The van der Waals surface area contributed by atoms with Crippen LogP contribution in [0.2, 0.25) is 0 Å². The SMILES string of the molecule is CC(=O)Nc1nnc(C(=O)O)s1. The topological polar surface area (TPSA) is 92.2 Å². The van der Waals surface area contributed by atoms with E-state index in [-0.39, 0.29) is 16.0 Å². The van der Waals surface area contributed by atoms with Crippen molar-refractivity contribution in [2.45, 2.75) is 6.92 Å². The third-order valence-electron chi connectivity index (χ3n) is 0.891. The number of carbonyl (C=O) groups excluding carboxylic acids is 1. The Hall–Kier alpha value is -1.50. The van der Waals surface area contributed by atoms with Crippen LogP contribution in [-0.4, -0.2) is 27.2 Å². The second-order valence-corrected chi connectivity index (χ2v) is 2.88. The van der Waals surface area contributed by atoms with Crippen LogP contribution in [-0.2, 0) is 4.79 Å². The molecule has 0 saturated heterocycles. The molecule has 0 unspecified atom stereocenters. The Kier molecular flexibility index (Phi) is 2.34. The van der Waals surface area contributed by atoms with E-state index >= 15 is 0 Å². The van der Waals surface area contributed by atoms with Gasteiger partial charge in [-0.15, -0.1) is 10.2 Å². The Labute approximate surface area is 71.2 Å². The first kappa shape index (κ1) is 8.60. The molecule has 12 heavy (non-hydrogen) atoms. The van der Waals surface area contributed by atoms with Gasteiger partial charge in [0.1, 0.15) is 0 Å². The summed E-state index contributed by atoms with van der Waals surface area (Å²) in [4.78, 5) is 20.8. The molecule has 7 heteroatoms. The number of rotatable bonds is 2.